The van der Waals surface area contributed by atoms with Crippen molar-refractivity contribution in [3.8, 4) is 5.75 Å². The second-order valence-electron chi connectivity index (χ2n) is 5.46. The fourth-order valence-corrected chi connectivity index (χ4v) is 2.65. The Balaban J connectivity index is 2.41. The van der Waals surface area contributed by atoms with Gasteiger partial charge in [0.15, 0.2) is 6.10 Å². The average Bonchev–Trinajstić information content (AvgIpc) is 2.39. The summed E-state index contributed by atoms with van der Waals surface area (Å²) in [5.74, 6) is -0.355. The summed E-state index contributed by atoms with van der Waals surface area (Å²) in [5.41, 5.74) is 2.68. The van der Waals surface area contributed by atoms with Crippen LogP contribution in [-0.4, -0.2) is 29.6 Å². The minimum Gasteiger partial charge on any atom is -0.481 e. The van der Waals surface area contributed by atoms with Crippen molar-refractivity contribution in [3.63, 3.8) is 0 Å². The number of benzene rings is 1. The molecule has 0 saturated heterocycles. The summed E-state index contributed by atoms with van der Waals surface area (Å²) in [6.07, 6.45) is 0.882. The Kier molecular flexibility index (Phi) is 4.50. The molecule has 1 unspecified atom stereocenters. The lowest BCUT2D eigenvalue weighted by molar-refractivity contribution is -0.136. The van der Waals surface area contributed by atoms with Crippen LogP contribution in [0.3, 0.4) is 0 Å². The molecule has 1 atom stereocenters. The van der Waals surface area contributed by atoms with E-state index in [1.165, 1.54) is 0 Å². The number of fused-ring (bicyclic) bond motifs is 1. The molecule has 0 saturated carbocycles. The number of aliphatic carboxylic acids is 1. The molecule has 1 aliphatic rings. The molecule has 2 rings (SSSR count). The van der Waals surface area contributed by atoms with Crippen LogP contribution in [0.2, 0.25) is 0 Å². The van der Waals surface area contributed by atoms with Gasteiger partial charge in [-0.3, -0.25) is 9.59 Å². The first-order chi connectivity index (χ1) is 9.93. The molecule has 0 bridgehead atoms. The van der Waals surface area contributed by atoms with Crippen molar-refractivity contribution in [3.05, 3.63) is 23.3 Å². The van der Waals surface area contributed by atoms with Crippen LogP contribution in [0.25, 0.3) is 0 Å². The molecule has 1 aromatic rings. The van der Waals surface area contributed by atoms with Crippen molar-refractivity contribution in [2.75, 3.05) is 11.4 Å². The molecule has 0 fully saturated rings. The van der Waals surface area contributed by atoms with E-state index in [0.717, 1.165) is 17.5 Å². The standard InChI is InChI=1S/C16H21NO4/c1-4-5-13-16(20)17(7-6-14(18)19)12-9-10(2)8-11(3)15(12)21-13/h8-9,13H,4-7H2,1-3H3,(H,18,19). The van der Waals surface area contributed by atoms with E-state index < -0.39 is 12.1 Å². The Morgan fingerprint density at radius 1 is 1.38 bits per heavy atom. The van der Waals surface area contributed by atoms with Crippen molar-refractivity contribution >= 4 is 17.6 Å². The molecule has 0 radical (unpaired) electrons. The van der Waals surface area contributed by atoms with Crippen LogP contribution in [0, 0.1) is 13.8 Å². The third-order valence-corrected chi connectivity index (χ3v) is 3.59. The Hall–Kier alpha value is -2.04. The highest BCUT2D eigenvalue weighted by molar-refractivity contribution is 6.00. The van der Waals surface area contributed by atoms with Crippen LogP contribution >= 0.6 is 0 Å². The largest absolute Gasteiger partial charge is 0.481 e. The predicted octanol–water partition coefficient (Wildman–Crippen LogP) is 2.67. The number of hydrogen-bond donors (Lipinski definition) is 1. The van der Waals surface area contributed by atoms with Crippen LogP contribution in [0.5, 0.6) is 5.75 Å². The van der Waals surface area contributed by atoms with E-state index >= 15 is 0 Å². The molecular formula is C16H21NO4. The minimum absolute atomic E-state index is 0.0724. The van der Waals surface area contributed by atoms with Crippen LogP contribution in [0.15, 0.2) is 12.1 Å². The highest BCUT2D eigenvalue weighted by Crippen LogP contribution is 2.38. The summed E-state index contributed by atoms with van der Waals surface area (Å²) in [4.78, 5) is 24.9. The van der Waals surface area contributed by atoms with Crippen LogP contribution in [0.1, 0.15) is 37.3 Å². The first-order valence-corrected chi connectivity index (χ1v) is 7.25. The molecular weight excluding hydrogens is 270 g/mol. The molecule has 0 aromatic heterocycles. The number of carbonyl (C=O) groups excluding carboxylic acids is 1. The number of anilines is 1. The lowest BCUT2D eigenvalue weighted by Crippen LogP contribution is -2.46. The molecule has 1 aliphatic heterocycles. The van der Waals surface area contributed by atoms with Gasteiger partial charge in [0, 0.05) is 6.54 Å². The minimum atomic E-state index is -0.910. The third kappa shape index (κ3) is 3.17. The summed E-state index contributed by atoms with van der Waals surface area (Å²) in [6.45, 7) is 6.06. The molecule has 0 spiro atoms. The van der Waals surface area contributed by atoms with Gasteiger partial charge in [-0.05, 0) is 37.5 Å². The fraction of sp³-hybridized carbons (Fsp3) is 0.500. The second kappa shape index (κ2) is 6.16. The number of hydrogen-bond acceptors (Lipinski definition) is 3. The lowest BCUT2D eigenvalue weighted by atomic mass is 10.0. The van der Waals surface area contributed by atoms with Gasteiger partial charge < -0.3 is 14.7 Å². The van der Waals surface area contributed by atoms with Gasteiger partial charge in [-0.1, -0.05) is 19.4 Å². The van der Waals surface area contributed by atoms with Gasteiger partial charge in [0.05, 0.1) is 12.1 Å². The molecule has 21 heavy (non-hydrogen) atoms. The molecule has 5 heteroatoms. The highest BCUT2D eigenvalue weighted by atomic mass is 16.5. The number of amides is 1. The van der Waals surface area contributed by atoms with Crippen molar-refractivity contribution in [2.24, 2.45) is 0 Å². The smallest absolute Gasteiger partial charge is 0.305 e. The monoisotopic (exact) mass is 291 g/mol. The van der Waals surface area contributed by atoms with Gasteiger partial charge >= 0.3 is 5.97 Å². The van der Waals surface area contributed by atoms with E-state index in [2.05, 4.69) is 0 Å². The Morgan fingerprint density at radius 2 is 2.10 bits per heavy atom. The predicted molar refractivity (Wildman–Crippen MR) is 79.8 cm³/mol. The van der Waals surface area contributed by atoms with E-state index in [0.29, 0.717) is 17.9 Å². The number of carboxylic acids is 1. The summed E-state index contributed by atoms with van der Waals surface area (Å²) in [5, 5.41) is 8.89. The second-order valence-corrected chi connectivity index (χ2v) is 5.46. The van der Waals surface area contributed by atoms with Crippen LogP contribution < -0.4 is 9.64 Å². The van der Waals surface area contributed by atoms with Crippen molar-refractivity contribution in [1.29, 1.82) is 0 Å². The van der Waals surface area contributed by atoms with E-state index in [1.807, 2.05) is 32.9 Å². The van der Waals surface area contributed by atoms with Gasteiger partial charge in [-0.15, -0.1) is 0 Å². The van der Waals surface area contributed by atoms with Crippen molar-refractivity contribution < 1.29 is 19.4 Å². The SMILES string of the molecule is CCCC1Oc2c(C)cc(C)cc2N(CCC(=O)O)C1=O. The number of rotatable bonds is 5. The zero-order valence-electron chi connectivity index (χ0n) is 12.7. The molecule has 114 valence electrons. The Morgan fingerprint density at radius 3 is 2.71 bits per heavy atom. The van der Waals surface area contributed by atoms with Gasteiger partial charge in [-0.2, -0.15) is 0 Å². The number of carbonyl (C=O) groups is 2. The van der Waals surface area contributed by atoms with Gasteiger partial charge in [-0.25, -0.2) is 0 Å². The Bertz CT molecular complexity index is 568. The molecule has 0 aliphatic carbocycles. The number of nitrogens with zero attached hydrogens (tertiary/aromatic N) is 1. The maximum Gasteiger partial charge on any atom is 0.305 e. The zero-order valence-corrected chi connectivity index (χ0v) is 12.7. The topological polar surface area (TPSA) is 66.8 Å². The van der Waals surface area contributed by atoms with Gasteiger partial charge in [0.1, 0.15) is 5.75 Å². The normalized spacial score (nSPS) is 17.4. The van der Waals surface area contributed by atoms with E-state index in [4.69, 9.17) is 9.84 Å². The molecule has 1 heterocycles. The van der Waals surface area contributed by atoms with Gasteiger partial charge in [0.25, 0.3) is 5.91 Å². The first-order valence-electron chi connectivity index (χ1n) is 7.25. The van der Waals surface area contributed by atoms with Gasteiger partial charge in [0.2, 0.25) is 0 Å². The van der Waals surface area contributed by atoms with Crippen LogP contribution in [-0.2, 0) is 9.59 Å². The number of ether oxygens (including phenoxy) is 1. The maximum absolute atomic E-state index is 12.5. The van der Waals surface area contributed by atoms with E-state index in [-0.39, 0.29) is 18.9 Å². The first kappa shape index (κ1) is 15.4. The highest BCUT2D eigenvalue weighted by Gasteiger charge is 2.34. The fourth-order valence-electron chi connectivity index (χ4n) is 2.65. The maximum atomic E-state index is 12.5. The van der Waals surface area contributed by atoms with Crippen molar-refractivity contribution in [1.82, 2.24) is 0 Å². The lowest BCUT2D eigenvalue weighted by Gasteiger charge is -2.35. The molecule has 1 N–H and O–H groups in total. The number of aryl methyl sites for hydroxylation is 2. The number of carboxylic acid groups (broad SMARTS) is 1. The summed E-state index contributed by atoms with van der Waals surface area (Å²) < 4.78 is 5.87. The van der Waals surface area contributed by atoms with E-state index in [1.54, 1.807) is 4.90 Å². The summed E-state index contributed by atoms with van der Waals surface area (Å²) >= 11 is 0. The van der Waals surface area contributed by atoms with Crippen LogP contribution in [0.4, 0.5) is 5.69 Å². The summed E-state index contributed by atoms with van der Waals surface area (Å²) in [7, 11) is 0. The average molecular weight is 291 g/mol. The molecule has 1 aromatic carbocycles. The zero-order chi connectivity index (χ0) is 15.6. The quantitative estimate of drug-likeness (QED) is 0.905. The third-order valence-electron chi connectivity index (χ3n) is 3.59. The molecule has 5 nitrogen and oxygen atoms in total. The Labute approximate surface area is 124 Å². The van der Waals surface area contributed by atoms with E-state index in [9.17, 15) is 9.59 Å². The molecule has 1 amide bonds. The summed E-state index contributed by atoms with van der Waals surface area (Å²) in [6, 6.07) is 3.89. The van der Waals surface area contributed by atoms with Crippen molar-refractivity contribution in [2.45, 2.75) is 46.1 Å².